The molecule has 2 amide bonds. The molecule has 0 spiro atoms. The SMILES string of the molecule is CS(=O)(=O)CCC(NC(=O)N1CCCC1)C(=O)O. The summed E-state index contributed by atoms with van der Waals surface area (Å²) in [5.74, 6) is -1.48. The van der Waals surface area contributed by atoms with E-state index in [9.17, 15) is 18.0 Å². The van der Waals surface area contributed by atoms with Crippen molar-refractivity contribution in [1.29, 1.82) is 0 Å². The number of urea groups is 1. The van der Waals surface area contributed by atoms with E-state index in [-0.39, 0.29) is 12.2 Å². The molecule has 0 aromatic carbocycles. The third-order valence-corrected chi connectivity index (χ3v) is 3.74. The molecule has 7 nitrogen and oxygen atoms in total. The van der Waals surface area contributed by atoms with Crippen LogP contribution in [0.15, 0.2) is 0 Å². The highest BCUT2D eigenvalue weighted by Crippen LogP contribution is 2.08. The number of hydrogen-bond donors (Lipinski definition) is 2. The van der Waals surface area contributed by atoms with Crippen LogP contribution in [0.4, 0.5) is 4.79 Å². The molecule has 0 saturated carbocycles. The van der Waals surface area contributed by atoms with E-state index in [2.05, 4.69) is 5.32 Å². The number of nitrogens with one attached hydrogen (secondary N) is 1. The number of likely N-dealkylation sites (tertiary alicyclic amines) is 1. The highest BCUT2D eigenvalue weighted by atomic mass is 32.2. The molecule has 8 heteroatoms. The number of amides is 2. The molecule has 0 bridgehead atoms. The Balaban J connectivity index is 2.51. The number of carbonyl (C=O) groups excluding carboxylic acids is 1. The first-order valence-electron chi connectivity index (χ1n) is 5.75. The van der Waals surface area contributed by atoms with Gasteiger partial charge in [0, 0.05) is 19.3 Å². The van der Waals surface area contributed by atoms with Gasteiger partial charge in [0.15, 0.2) is 0 Å². The summed E-state index contributed by atoms with van der Waals surface area (Å²) in [4.78, 5) is 24.2. The summed E-state index contributed by atoms with van der Waals surface area (Å²) < 4.78 is 22.0. The van der Waals surface area contributed by atoms with Crippen molar-refractivity contribution < 1.29 is 23.1 Å². The van der Waals surface area contributed by atoms with Crippen molar-refractivity contribution in [2.45, 2.75) is 25.3 Å². The zero-order chi connectivity index (χ0) is 13.8. The molecule has 1 aliphatic rings. The number of hydrogen-bond acceptors (Lipinski definition) is 4. The Kier molecular flexibility index (Phi) is 4.94. The first-order chi connectivity index (χ1) is 8.29. The van der Waals surface area contributed by atoms with Crippen LogP contribution in [-0.4, -0.2) is 61.6 Å². The smallest absolute Gasteiger partial charge is 0.326 e. The third-order valence-electron chi connectivity index (χ3n) is 2.77. The molecule has 1 atom stereocenters. The van der Waals surface area contributed by atoms with Gasteiger partial charge < -0.3 is 15.3 Å². The summed E-state index contributed by atoms with van der Waals surface area (Å²) in [7, 11) is -3.24. The quantitative estimate of drug-likeness (QED) is 0.717. The van der Waals surface area contributed by atoms with Crippen LogP contribution in [0.25, 0.3) is 0 Å². The standard InChI is InChI=1S/C10H18N2O5S/c1-18(16,17)7-4-8(9(13)14)11-10(15)12-5-2-3-6-12/h8H,2-7H2,1H3,(H,11,15)(H,13,14). The van der Waals surface area contributed by atoms with E-state index in [4.69, 9.17) is 5.11 Å². The molecule has 18 heavy (non-hydrogen) atoms. The van der Waals surface area contributed by atoms with Gasteiger partial charge in [0.1, 0.15) is 15.9 Å². The fourth-order valence-electron chi connectivity index (χ4n) is 1.75. The molecule has 1 rings (SSSR count). The van der Waals surface area contributed by atoms with E-state index >= 15 is 0 Å². The molecule has 1 fully saturated rings. The van der Waals surface area contributed by atoms with Crippen LogP contribution < -0.4 is 5.32 Å². The van der Waals surface area contributed by atoms with E-state index in [0.29, 0.717) is 13.1 Å². The Bertz CT molecular complexity index is 414. The lowest BCUT2D eigenvalue weighted by Crippen LogP contribution is -2.47. The van der Waals surface area contributed by atoms with Crippen LogP contribution in [-0.2, 0) is 14.6 Å². The highest BCUT2D eigenvalue weighted by Gasteiger charge is 2.25. The van der Waals surface area contributed by atoms with Crippen molar-refractivity contribution in [2.24, 2.45) is 0 Å². The van der Waals surface area contributed by atoms with Crippen LogP contribution in [0.3, 0.4) is 0 Å². The van der Waals surface area contributed by atoms with Gasteiger partial charge in [-0.1, -0.05) is 0 Å². The lowest BCUT2D eigenvalue weighted by Gasteiger charge is -2.20. The highest BCUT2D eigenvalue weighted by molar-refractivity contribution is 7.90. The summed E-state index contributed by atoms with van der Waals surface area (Å²) in [5.41, 5.74) is 0. The van der Waals surface area contributed by atoms with E-state index in [1.54, 1.807) is 0 Å². The van der Waals surface area contributed by atoms with Crippen molar-refractivity contribution in [3.05, 3.63) is 0 Å². The van der Waals surface area contributed by atoms with E-state index < -0.39 is 27.9 Å². The number of carboxylic acids is 1. The van der Waals surface area contributed by atoms with Crippen molar-refractivity contribution >= 4 is 21.8 Å². The van der Waals surface area contributed by atoms with Gasteiger partial charge in [-0.25, -0.2) is 18.0 Å². The predicted molar refractivity (Wildman–Crippen MR) is 65.1 cm³/mol. The molecule has 1 saturated heterocycles. The molecule has 1 aliphatic heterocycles. The normalized spacial score (nSPS) is 17.5. The Morgan fingerprint density at radius 3 is 2.33 bits per heavy atom. The predicted octanol–water partition coefficient (Wildman–Crippen LogP) is -0.320. The number of sulfone groups is 1. The second-order valence-electron chi connectivity index (χ2n) is 4.45. The summed E-state index contributed by atoms with van der Waals surface area (Å²) in [5, 5.41) is 11.3. The topological polar surface area (TPSA) is 104 Å². The third kappa shape index (κ3) is 4.91. The van der Waals surface area contributed by atoms with Crippen molar-refractivity contribution in [3.63, 3.8) is 0 Å². The fraction of sp³-hybridized carbons (Fsp3) is 0.800. The molecule has 0 radical (unpaired) electrons. The molecule has 2 N–H and O–H groups in total. The van der Waals surface area contributed by atoms with Gasteiger partial charge in [-0.15, -0.1) is 0 Å². The average molecular weight is 278 g/mol. The molecule has 1 heterocycles. The number of carbonyl (C=O) groups is 2. The van der Waals surface area contributed by atoms with Gasteiger partial charge >= 0.3 is 12.0 Å². The summed E-state index contributed by atoms with van der Waals surface area (Å²) >= 11 is 0. The molecular weight excluding hydrogens is 260 g/mol. The minimum atomic E-state index is -3.24. The summed E-state index contributed by atoms with van der Waals surface area (Å²) in [6.07, 6.45) is 2.74. The zero-order valence-corrected chi connectivity index (χ0v) is 11.1. The molecular formula is C10H18N2O5S. The summed E-state index contributed by atoms with van der Waals surface area (Å²) in [6, 6.07) is -1.60. The molecule has 0 aromatic rings. The van der Waals surface area contributed by atoms with Gasteiger partial charge in [0.25, 0.3) is 0 Å². The number of aliphatic carboxylic acids is 1. The maximum Gasteiger partial charge on any atom is 0.326 e. The van der Waals surface area contributed by atoms with Crippen molar-refractivity contribution in [1.82, 2.24) is 10.2 Å². The lowest BCUT2D eigenvalue weighted by atomic mass is 10.2. The van der Waals surface area contributed by atoms with E-state index in [1.807, 2.05) is 0 Å². The van der Waals surface area contributed by atoms with Gasteiger partial charge in [-0.3, -0.25) is 0 Å². The van der Waals surface area contributed by atoms with Crippen LogP contribution in [0.2, 0.25) is 0 Å². The van der Waals surface area contributed by atoms with Gasteiger partial charge in [-0.2, -0.15) is 0 Å². The second kappa shape index (κ2) is 6.03. The van der Waals surface area contributed by atoms with E-state index in [0.717, 1.165) is 19.1 Å². The monoisotopic (exact) mass is 278 g/mol. The van der Waals surface area contributed by atoms with Crippen molar-refractivity contribution in [2.75, 3.05) is 25.1 Å². The first-order valence-corrected chi connectivity index (χ1v) is 7.81. The fourth-order valence-corrected chi connectivity index (χ4v) is 2.41. The Morgan fingerprint density at radius 2 is 1.89 bits per heavy atom. The maximum atomic E-state index is 11.7. The molecule has 0 aromatic heterocycles. The summed E-state index contributed by atoms with van der Waals surface area (Å²) in [6.45, 7) is 1.23. The van der Waals surface area contributed by atoms with Gasteiger partial charge in [-0.05, 0) is 19.3 Å². The Labute approximate surface area is 106 Å². The number of rotatable bonds is 5. The number of nitrogens with zero attached hydrogens (tertiary/aromatic N) is 1. The molecule has 0 aliphatic carbocycles. The van der Waals surface area contributed by atoms with Crippen LogP contribution in [0.5, 0.6) is 0 Å². The minimum Gasteiger partial charge on any atom is -0.480 e. The number of carboxylic acid groups (broad SMARTS) is 1. The van der Waals surface area contributed by atoms with E-state index in [1.165, 1.54) is 4.90 Å². The maximum absolute atomic E-state index is 11.7. The van der Waals surface area contributed by atoms with Gasteiger partial charge in [0.05, 0.1) is 5.75 Å². The van der Waals surface area contributed by atoms with Crippen molar-refractivity contribution in [3.8, 4) is 0 Å². The van der Waals surface area contributed by atoms with Crippen LogP contribution >= 0.6 is 0 Å². The molecule has 104 valence electrons. The Morgan fingerprint density at radius 1 is 1.33 bits per heavy atom. The minimum absolute atomic E-state index is 0.117. The molecule has 1 unspecified atom stereocenters. The second-order valence-corrected chi connectivity index (χ2v) is 6.71. The Hall–Kier alpha value is -1.31. The van der Waals surface area contributed by atoms with Gasteiger partial charge in [0.2, 0.25) is 0 Å². The largest absolute Gasteiger partial charge is 0.480 e. The zero-order valence-electron chi connectivity index (χ0n) is 10.3. The lowest BCUT2D eigenvalue weighted by molar-refractivity contribution is -0.139. The average Bonchev–Trinajstić information content (AvgIpc) is 2.75. The van der Waals surface area contributed by atoms with Crippen LogP contribution in [0.1, 0.15) is 19.3 Å². The first kappa shape index (κ1) is 14.7. The van der Waals surface area contributed by atoms with Crippen LogP contribution in [0, 0.1) is 0 Å².